The highest BCUT2D eigenvalue weighted by Gasteiger charge is 2.28. The standard InChI is InChI=1S/C15H30N2O3/c1-6-7-8-9-10-12(2)16-14(20)17(11-13(18)19)15(3,4)5/h12H,6-11H2,1-5H3,(H,16,20)(H,18,19). The van der Waals surface area contributed by atoms with Gasteiger partial charge < -0.3 is 15.3 Å². The highest BCUT2D eigenvalue weighted by molar-refractivity contribution is 5.80. The lowest BCUT2D eigenvalue weighted by Gasteiger charge is -2.35. The van der Waals surface area contributed by atoms with Crippen LogP contribution in [0.3, 0.4) is 0 Å². The first-order valence-electron chi connectivity index (χ1n) is 7.48. The Balaban J connectivity index is 4.34. The Labute approximate surface area is 122 Å². The summed E-state index contributed by atoms with van der Waals surface area (Å²) >= 11 is 0. The van der Waals surface area contributed by atoms with Gasteiger partial charge in [-0.1, -0.05) is 32.6 Å². The molecule has 118 valence electrons. The Morgan fingerprint density at radius 1 is 1.20 bits per heavy atom. The van der Waals surface area contributed by atoms with E-state index in [1.807, 2.05) is 27.7 Å². The Morgan fingerprint density at radius 3 is 2.25 bits per heavy atom. The van der Waals surface area contributed by atoms with Crippen molar-refractivity contribution in [2.24, 2.45) is 0 Å². The fraction of sp³-hybridized carbons (Fsp3) is 0.867. The van der Waals surface area contributed by atoms with Gasteiger partial charge in [0.25, 0.3) is 0 Å². The van der Waals surface area contributed by atoms with Crippen molar-refractivity contribution in [3.8, 4) is 0 Å². The maximum Gasteiger partial charge on any atom is 0.323 e. The van der Waals surface area contributed by atoms with Gasteiger partial charge in [0.1, 0.15) is 6.54 Å². The van der Waals surface area contributed by atoms with E-state index in [0.29, 0.717) is 0 Å². The molecule has 0 radical (unpaired) electrons. The summed E-state index contributed by atoms with van der Waals surface area (Å²) < 4.78 is 0. The monoisotopic (exact) mass is 286 g/mol. The number of nitrogens with zero attached hydrogens (tertiary/aromatic N) is 1. The van der Waals surface area contributed by atoms with E-state index in [9.17, 15) is 9.59 Å². The molecule has 0 aromatic carbocycles. The third-order valence-corrected chi connectivity index (χ3v) is 3.21. The molecule has 1 unspecified atom stereocenters. The van der Waals surface area contributed by atoms with Gasteiger partial charge in [-0.05, 0) is 34.1 Å². The number of hydrogen-bond donors (Lipinski definition) is 2. The molecule has 5 nitrogen and oxygen atoms in total. The summed E-state index contributed by atoms with van der Waals surface area (Å²) in [5.41, 5.74) is -0.510. The largest absolute Gasteiger partial charge is 0.480 e. The summed E-state index contributed by atoms with van der Waals surface area (Å²) in [6.45, 7) is 9.35. The van der Waals surface area contributed by atoms with Gasteiger partial charge in [-0.2, -0.15) is 0 Å². The molecule has 5 heteroatoms. The number of nitrogens with one attached hydrogen (secondary N) is 1. The minimum absolute atomic E-state index is 0.0676. The molecule has 0 bridgehead atoms. The quantitative estimate of drug-likeness (QED) is 0.673. The molecule has 1 atom stereocenters. The Hall–Kier alpha value is -1.26. The Kier molecular flexibility index (Phi) is 8.26. The van der Waals surface area contributed by atoms with Gasteiger partial charge in [0.15, 0.2) is 0 Å². The fourth-order valence-corrected chi connectivity index (χ4v) is 1.99. The van der Waals surface area contributed by atoms with E-state index in [4.69, 9.17) is 5.11 Å². The molecule has 0 rings (SSSR count). The molecule has 0 aliphatic heterocycles. The van der Waals surface area contributed by atoms with E-state index < -0.39 is 11.5 Å². The van der Waals surface area contributed by atoms with Crippen LogP contribution in [0.4, 0.5) is 4.79 Å². The molecule has 0 aromatic rings. The van der Waals surface area contributed by atoms with Crippen LogP contribution >= 0.6 is 0 Å². The third kappa shape index (κ3) is 8.02. The van der Waals surface area contributed by atoms with Crippen molar-refractivity contribution >= 4 is 12.0 Å². The van der Waals surface area contributed by atoms with E-state index in [2.05, 4.69) is 12.2 Å². The zero-order valence-electron chi connectivity index (χ0n) is 13.5. The number of carboxylic acid groups (broad SMARTS) is 1. The fourth-order valence-electron chi connectivity index (χ4n) is 1.99. The second-order valence-corrected chi connectivity index (χ2v) is 6.35. The van der Waals surface area contributed by atoms with Crippen molar-refractivity contribution < 1.29 is 14.7 Å². The summed E-state index contributed by atoms with van der Waals surface area (Å²) in [4.78, 5) is 24.4. The van der Waals surface area contributed by atoms with Crippen LogP contribution in [0.1, 0.15) is 66.7 Å². The van der Waals surface area contributed by atoms with Crippen LogP contribution in [-0.2, 0) is 4.79 Å². The molecular formula is C15H30N2O3. The van der Waals surface area contributed by atoms with Crippen LogP contribution in [0.2, 0.25) is 0 Å². The summed E-state index contributed by atoms with van der Waals surface area (Å²) in [6.07, 6.45) is 5.60. The van der Waals surface area contributed by atoms with Crippen LogP contribution in [0.25, 0.3) is 0 Å². The number of rotatable bonds is 8. The van der Waals surface area contributed by atoms with E-state index in [0.717, 1.165) is 12.8 Å². The van der Waals surface area contributed by atoms with Gasteiger partial charge in [0.05, 0.1) is 0 Å². The molecule has 0 aromatic heterocycles. The maximum atomic E-state index is 12.2. The van der Waals surface area contributed by atoms with Gasteiger partial charge in [-0.15, -0.1) is 0 Å². The molecule has 0 aliphatic rings. The summed E-state index contributed by atoms with van der Waals surface area (Å²) in [5, 5.41) is 11.8. The normalized spacial score (nSPS) is 12.8. The number of amides is 2. The first-order chi connectivity index (χ1) is 9.18. The Morgan fingerprint density at radius 2 is 1.80 bits per heavy atom. The van der Waals surface area contributed by atoms with E-state index >= 15 is 0 Å². The van der Waals surface area contributed by atoms with Gasteiger partial charge in [0, 0.05) is 11.6 Å². The van der Waals surface area contributed by atoms with Crippen molar-refractivity contribution in [1.82, 2.24) is 10.2 Å². The molecule has 0 heterocycles. The summed E-state index contributed by atoms with van der Waals surface area (Å²) in [7, 11) is 0. The summed E-state index contributed by atoms with van der Waals surface area (Å²) in [5.74, 6) is -0.995. The van der Waals surface area contributed by atoms with Gasteiger partial charge in [-0.3, -0.25) is 4.79 Å². The first kappa shape index (κ1) is 18.7. The van der Waals surface area contributed by atoms with E-state index in [-0.39, 0.29) is 18.6 Å². The predicted molar refractivity (Wildman–Crippen MR) is 80.8 cm³/mol. The molecule has 0 saturated heterocycles. The molecule has 0 fully saturated rings. The second-order valence-electron chi connectivity index (χ2n) is 6.35. The predicted octanol–water partition coefficient (Wildman–Crippen LogP) is 3.24. The molecule has 2 amide bonds. The molecule has 2 N–H and O–H groups in total. The molecular weight excluding hydrogens is 256 g/mol. The van der Waals surface area contributed by atoms with Crippen molar-refractivity contribution in [3.05, 3.63) is 0 Å². The van der Waals surface area contributed by atoms with Gasteiger partial charge >= 0.3 is 12.0 Å². The number of carboxylic acids is 1. The van der Waals surface area contributed by atoms with Crippen LogP contribution in [0, 0.1) is 0 Å². The molecule has 0 spiro atoms. The number of urea groups is 1. The van der Waals surface area contributed by atoms with E-state index in [1.165, 1.54) is 24.2 Å². The lowest BCUT2D eigenvalue weighted by Crippen LogP contribution is -2.54. The smallest absolute Gasteiger partial charge is 0.323 e. The van der Waals surface area contributed by atoms with Crippen molar-refractivity contribution in [2.75, 3.05) is 6.54 Å². The zero-order chi connectivity index (χ0) is 15.8. The van der Waals surface area contributed by atoms with Crippen LogP contribution in [0.15, 0.2) is 0 Å². The van der Waals surface area contributed by atoms with Crippen molar-refractivity contribution in [3.63, 3.8) is 0 Å². The van der Waals surface area contributed by atoms with Crippen molar-refractivity contribution in [2.45, 2.75) is 78.3 Å². The summed E-state index contributed by atoms with van der Waals surface area (Å²) in [6, 6.07) is -0.235. The maximum absolute atomic E-state index is 12.2. The number of aliphatic carboxylic acids is 1. The van der Waals surface area contributed by atoms with Crippen LogP contribution in [0.5, 0.6) is 0 Å². The van der Waals surface area contributed by atoms with E-state index in [1.54, 1.807) is 0 Å². The average Bonchev–Trinajstić information content (AvgIpc) is 2.30. The third-order valence-electron chi connectivity index (χ3n) is 3.21. The van der Waals surface area contributed by atoms with Crippen molar-refractivity contribution in [1.29, 1.82) is 0 Å². The number of unbranched alkanes of at least 4 members (excludes halogenated alkanes) is 3. The first-order valence-corrected chi connectivity index (χ1v) is 7.48. The lowest BCUT2D eigenvalue weighted by molar-refractivity contribution is -0.138. The SMILES string of the molecule is CCCCCCC(C)NC(=O)N(CC(=O)O)C(C)(C)C. The highest BCUT2D eigenvalue weighted by atomic mass is 16.4. The minimum Gasteiger partial charge on any atom is -0.480 e. The lowest BCUT2D eigenvalue weighted by atomic mass is 10.1. The molecule has 0 saturated carbocycles. The van der Waals surface area contributed by atoms with Gasteiger partial charge in [-0.25, -0.2) is 4.79 Å². The molecule has 0 aliphatic carbocycles. The number of carbonyl (C=O) groups is 2. The van der Waals surface area contributed by atoms with Crippen LogP contribution < -0.4 is 5.32 Å². The zero-order valence-corrected chi connectivity index (χ0v) is 13.5. The minimum atomic E-state index is -0.995. The van der Waals surface area contributed by atoms with Gasteiger partial charge in [0.2, 0.25) is 0 Å². The highest BCUT2D eigenvalue weighted by Crippen LogP contribution is 2.14. The number of carbonyl (C=O) groups excluding carboxylic acids is 1. The molecule has 20 heavy (non-hydrogen) atoms. The number of hydrogen-bond acceptors (Lipinski definition) is 2. The average molecular weight is 286 g/mol. The van der Waals surface area contributed by atoms with Crippen LogP contribution in [-0.4, -0.2) is 40.1 Å². The topological polar surface area (TPSA) is 69.6 Å². The Bertz CT molecular complexity index is 311. The second kappa shape index (κ2) is 8.82.